The molecule has 9 N–H and O–H groups in total. The lowest BCUT2D eigenvalue weighted by atomic mass is 9.95. The highest BCUT2D eigenvalue weighted by Crippen LogP contribution is 2.17. The first kappa shape index (κ1) is 28.0. The second kappa shape index (κ2) is 14.9. The van der Waals surface area contributed by atoms with E-state index in [0.29, 0.717) is 24.4 Å². The molecule has 180 valence electrons. The minimum absolute atomic E-state index is 0.120. The summed E-state index contributed by atoms with van der Waals surface area (Å²) in [6.45, 7) is 4.42. The van der Waals surface area contributed by atoms with Gasteiger partial charge < -0.3 is 21.8 Å². The van der Waals surface area contributed by atoms with Gasteiger partial charge in [0.15, 0.2) is 0 Å². The molecule has 1 unspecified atom stereocenters. The third kappa shape index (κ3) is 11.4. The number of amides is 2. The van der Waals surface area contributed by atoms with Gasteiger partial charge in [0.25, 0.3) is 5.91 Å². The summed E-state index contributed by atoms with van der Waals surface area (Å²) in [4.78, 5) is 25.0. The van der Waals surface area contributed by atoms with Crippen LogP contribution in [-0.2, 0) is 16.1 Å². The van der Waals surface area contributed by atoms with Crippen molar-refractivity contribution in [1.29, 1.82) is 0 Å². The van der Waals surface area contributed by atoms with Crippen LogP contribution in [-0.4, -0.2) is 28.6 Å². The molecule has 0 aliphatic carbocycles. The van der Waals surface area contributed by atoms with Crippen LogP contribution in [0.4, 0.5) is 5.69 Å². The van der Waals surface area contributed by atoms with Crippen LogP contribution in [0.2, 0.25) is 0 Å². The second-order valence-corrected chi connectivity index (χ2v) is 8.28. The van der Waals surface area contributed by atoms with Crippen LogP contribution in [0.5, 0.6) is 0 Å². The highest BCUT2D eigenvalue weighted by molar-refractivity contribution is 7.80. The Morgan fingerprint density at radius 3 is 2.15 bits per heavy atom. The van der Waals surface area contributed by atoms with Crippen LogP contribution >= 0.6 is 12.6 Å². The second-order valence-electron chi connectivity index (χ2n) is 7.76. The van der Waals surface area contributed by atoms with Crippen molar-refractivity contribution in [2.75, 3.05) is 11.9 Å². The van der Waals surface area contributed by atoms with Gasteiger partial charge in [-0.05, 0) is 42.2 Å². The number of nitrogens with two attached hydrogens (primary N) is 3. The van der Waals surface area contributed by atoms with E-state index in [1.165, 1.54) is 5.01 Å². The van der Waals surface area contributed by atoms with Crippen LogP contribution < -0.4 is 28.1 Å². The SMILES string of the molecule is CC(C)CC(C(=O)NO)C(=O)Nc1ccc(CN(N)/C=C(\N)CN)cc1.Sc1ccccc1. The monoisotopic (exact) mass is 474 g/mol. The Hall–Kier alpha value is -3.05. The summed E-state index contributed by atoms with van der Waals surface area (Å²) in [7, 11) is 0. The fraction of sp³-hybridized carbons (Fsp3) is 0.304. The van der Waals surface area contributed by atoms with Crippen molar-refractivity contribution in [1.82, 2.24) is 10.5 Å². The van der Waals surface area contributed by atoms with Gasteiger partial charge in [0.05, 0.1) is 6.54 Å². The van der Waals surface area contributed by atoms with Gasteiger partial charge in [-0.25, -0.2) is 11.3 Å². The van der Waals surface area contributed by atoms with Crippen molar-refractivity contribution in [2.24, 2.45) is 29.1 Å². The Morgan fingerprint density at radius 2 is 1.70 bits per heavy atom. The number of hydroxylamine groups is 1. The smallest absolute Gasteiger partial charge is 0.255 e. The lowest BCUT2D eigenvalue weighted by Gasteiger charge is -2.17. The zero-order valence-corrected chi connectivity index (χ0v) is 19.8. The van der Waals surface area contributed by atoms with E-state index in [9.17, 15) is 9.59 Å². The van der Waals surface area contributed by atoms with Gasteiger partial charge in [-0.3, -0.25) is 14.8 Å². The summed E-state index contributed by atoms with van der Waals surface area (Å²) in [5.41, 5.74) is 14.5. The fourth-order valence-corrected chi connectivity index (χ4v) is 2.93. The minimum Gasteiger partial charge on any atom is -0.400 e. The molecule has 10 heteroatoms. The van der Waals surface area contributed by atoms with E-state index < -0.39 is 17.7 Å². The van der Waals surface area contributed by atoms with Gasteiger partial charge >= 0.3 is 0 Å². The molecule has 0 aliphatic heterocycles. The molecule has 0 saturated carbocycles. The number of carbonyl (C=O) groups is 2. The van der Waals surface area contributed by atoms with E-state index in [2.05, 4.69) is 17.9 Å². The summed E-state index contributed by atoms with van der Waals surface area (Å²) >= 11 is 4.08. The van der Waals surface area contributed by atoms with Crippen molar-refractivity contribution < 1.29 is 14.8 Å². The van der Waals surface area contributed by atoms with Crippen molar-refractivity contribution in [3.63, 3.8) is 0 Å². The topological polar surface area (TPSA) is 160 Å². The molecule has 2 aromatic rings. The lowest BCUT2D eigenvalue weighted by Crippen LogP contribution is -2.37. The number of hydrogen-bond donors (Lipinski definition) is 7. The lowest BCUT2D eigenvalue weighted by molar-refractivity contribution is -0.139. The summed E-state index contributed by atoms with van der Waals surface area (Å²) in [5.74, 6) is 3.77. The summed E-state index contributed by atoms with van der Waals surface area (Å²) in [5, 5.41) is 12.9. The Bertz CT molecular complexity index is 891. The number of nitrogens with zero attached hydrogens (tertiary/aromatic N) is 1. The van der Waals surface area contributed by atoms with Crippen LogP contribution in [0.1, 0.15) is 25.8 Å². The van der Waals surface area contributed by atoms with Crippen LogP contribution in [0.15, 0.2) is 71.4 Å². The van der Waals surface area contributed by atoms with E-state index in [0.717, 1.165) is 10.5 Å². The Balaban J connectivity index is 0.000000657. The van der Waals surface area contributed by atoms with Crippen molar-refractivity contribution in [3.8, 4) is 0 Å². The maximum absolute atomic E-state index is 12.3. The van der Waals surface area contributed by atoms with Crippen molar-refractivity contribution in [3.05, 3.63) is 72.1 Å². The number of benzene rings is 2. The average Bonchev–Trinajstić information content (AvgIpc) is 2.78. The first-order valence-corrected chi connectivity index (χ1v) is 10.9. The molecule has 0 aliphatic rings. The maximum Gasteiger partial charge on any atom is 0.255 e. The molecule has 2 aromatic carbocycles. The third-order valence-corrected chi connectivity index (χ3v) is 4.66. The number of hydrazine groups is 1. The fourth-order valence-electron chi connectivity index (χ4n) is 2.76. The number of rotatable bonds is 9. The van der Waals surface area contributed by atoms with Crippen molar-refractivity contribution >= 4 is 30.1 Å². The first-order valence-electron chi connectivity index (χ1n) is 10.4. The first-order chi connectivity index (χ1) is 15.7. The molecule has 1 atom stereocenters. The molecular formula is C23H34N6O3S. The van der Waals surface area contributed by atoms with E-state index in [1.54, 1.807) is 35.9 Å². The van der Waals surface area contributed by atoms with Gasteiger partial charge in [0.2, 0.25) is 5.91 Å². The number of anilines is 1. The zero-order chi connectivity index (χ0) is 24.8. The molecular weight excluding hydrogens is 440 g/mol. The highest BCUT2D eigenvalue weighted by atomic mass is 32.1. The Labute approximate surface area is 200 Å². The number of carbonyl (C=O) groups excluding carboxylic acids is 2. The van der Waals surface area contributed by atoms with Gasteiger partial charge in [0.1, 0.15) is 5.92 Å². The molecule has 0 heterocycles. The molecule has 33 heavy (non-hydrogen) atoms. The van der Waals surface area contributed by atoms with Crippen LogP contribution in [0.25, 0.3) is 0 Å². The van der Waals surface area contributed by atoms with Gasteiger partial charge in [-0.15, -0.1) is 12.6 Å². The Morgan fingerprint density at radius 1 is 1.09 bits per heavy atom. The van der Waals surface area contributed by atoms with Crippen molar-refractivity contribution in [2.45, 2.75) is 31.7 Å². The predicted molar refractivity (Wildman–Crippen MR) is 133 cm³/mol. The normalized spacial score (nSPS) is 11.8. The molecule has 0 saturated heterocycles. The summed E-state index contributed by atoms with van der Waals surface area (Å²) in [6, 6.07) is 16.8. The van der Waals surface area contributed by atoms with Gasteiger partial charge in [-0.1, -0.05) is 44.2 Å². The molecule has 2 rings (SSSR count). The van der Waals surface area contributed by atoms with Crippen LogP contribution in [0, 0.1) is 11.8 Å². The molecule has 0 bridgehead atoms. The van der Waals surface area contributed by atoms with E-state index >= 15 is 0 Å². The van der Waals surface area contributed by atoms with Gasteiger partial charge in [-0.2, -0.15) is 0 Å². The predicted octanol–water partition coefficient (Wildman–Crippen LogP) is 2.20. The van der Waals surface area contributed by atoms with Gasteiger partial charge in [0, 0.05) is 29.0 Å². The molecule has 0 fully saturated rings. The Kier molecular flexibility index (Phi) is 12.6. The van der Waals surface area contributed by atoms with E-state index in [4.69, 9.17) is 22.5 Å². The number of nitrogens with one attached hydrogen (secondary N) is 2. The summed E-state index contributed by atoms with van der Waals surface area (Å²) in [6.07, 6.45) is 1.88. The number of thiol groups is 1. The number of hydrogen-bond acceptors (Lipinski definition) is 8. The largest absolute Gasteiger partial charge is 0.400 e. The quantitative estimate of drug-likeness (QED) is 0.0964. The molecule has 2 amide bonds. The average molecular weight is 475 g/mol. The highest BCUT2D eigenvalue weighted by Gasteiger charge is 2.27. The zero-order valence-electron chi connectivity index (χ0n) is 18.9. The molecule has 0 spiro atoms. The van der Waals surface area contributed by atoms with E-state index in [-0.39, 0.29) is 12.5 Å². The molecule has 0 radical (unpaired) electrons. The standard InChI is InChI=1S/C17H28N6O3.C6H6S/c1-11(2)7-15(17(25)22-26)16(24)21-14-5-3-12(4-6-14)9-23(20)10-13(19)8-18;7-6-4-2-1-3-5-6/h3-6,10-11,15,26H,7-9,18-20H2,1-2H3,(H,21,24)(H,22,25);1-5,7H/b13-10-;. The molecule has 0 aromatic heterocycles. The summed E-state index contributed by atoms with van der Waals surface area (Å²) < 4.78 is 0. The minimum atomic E-state index is -0.969. The molecule has 9 nitrogen and oxygen atoms in total. The third-order valence-electron chi connectivity index (χ3n) is 4.36. The maximum atomic E-state index is 12.3. The van der Waals surface area contributed by atoms with Crippen LogP contribution in [0.3, 0.4) is 0 Å². The van der Waals surface area contributed by atoms with E-state index in [1.807, 2.05) is 44.2 Å².